The van der Waals surface area contributed by atoms with Gasteiger partial charge in [0, 0.05) is 13.1 Å². The molecule has 0 radical (unpaired) electrons. The number of carbonyl (C=O) groups is 3. The fraction of sp³-hybridized carbons (Fsp3) is 0.571. The van der Waals surface area contributed by atoms with Crippen molar-refractivity contribution in [3.05, 3.63) is 35.6 Å². The van der Waals surface area contributed by atoms with Crippen molar-refractivity contribution in [2.45, 2.75) is 33.2 Å². The summed E-state index contributed by atoms with van der Waals surface area (Å²) in [6.45, 7) is 6.25. The van der Waals surface area contributed by atoms with Gasteiger partial charge < -0.3 is 15.0 Å². The number of amides is 2. The highest BCUT2D eigenvalue weighted by Crippen LogP contribution is 2.18. The normalized spacial score (nSPS) is 15.0. The Kier molecular flexibility index (Phi) is 9.05. The molecule has 1 fully saturated rings. The molecule has 0 bridgehead atoms. The van der Waals surface area contributed by atoms with E-state index in [-0.39, 0.29) is 49.2 Å². The molecule has 1 aromatic carbocycles. The molecule has 0 aliphatic carbocycles. The first-order valence-electron chi connectivity index (χ1n) is 10.1. The lowest BCUT2D eigenvalue weighted by Crippen LogP contribution is -2.47. The lowest BCUT2D eigenvalue weighted by Gasteiger charge is -2.31. The molecule has 1 heterocycles. The fourth-order valence-electron chi connectivity index (χ4n) is 3.29. The summed E-state index contributed by atoms with van der Waals surface area (Å²) in [6, 6.07) is 5.90. The summed E-state index contributed by atoms with van der Waals surface area (Å²) in [7, 11) is 0. The monoisotopic (exact) mass is 407 g/mol. The number of rotatable bonds is 9. The zero-order chi connectivity index (χ0) is 21.2. The van der Waals surface area contributed by atoms with Crippen molar-refractivity contribution in [2.24, 2.45) is 5.92 Å². The third-order valence-corrected chi connectivity index (χ3v) is 5.04. The van der Waals surface area contributed by atoms with Gasteiger partial charge in [0.25, 0.3) is 0 Å². The quantitative estimate of drug-likeness (QED) is 0.629. The van der Waals surface area contributed by atoms with Crippen LogP contribution in [0.2, 0.25) is 0 Å². The number of nitrogens with zero attached hydrogens (tertiary/aromatic N) is 2. The van der Waals surface area contributed by atoms with E-state index in [0.29, 0.717) is 39.1 Å². The van der Waals surface area contributed by atoms with Gasteiger partial charge in [-0.05, 0) is 57.5 Å². The number of likely N-dealkylation sites (tertiary alicyclic amines) is 1. The summed E-state index contributed by atoms with van der Waals surface area (Å²) >= 11 is 0. The van der Waals surface area contributed by atoms with E-state index in [0.717, 1.165) is 5.56 Å². The number of ether oxygens (including phenoxy) is 1. The van der Waals surface area contributed by atoms with Crippen LogP contribution in [0.5, 0.6) is 0 Å². The maximum absolute atomic E-state index is 12.9. The third kappa shape index (κ3) is 7.45. The van der Waals surface area contributed by atoms with Crippen LogP contribution in [0, 0.1) is 11.7 Å². The van der Waals surface area contributed by atoms with Crippen LogP contribution in [-0.4, -0.2) is 66.9 Å². The topological polar surface area (TPSA) is 79.0 Å². The second-order valence-corrected chi connectivity index (χ2v) is 7.11. The van der Waals surface area contributed by atoms with Crippen molar-refractivity contribution in [3.63, 3.8) is 0 Å². The summed E-state index contributed by atoms with van der Waals surface area (Å²) < 4.78 is 18.0. The molecule has 1 saturated heterocycles. The highest BCUT2D eigenvalue weighted by Gasteiger charge is 2.27. The molecule has 160 valence electrons. The molecule has 1 aliphatic heterocycles. The molecule has 7 nitrogen and oxygen atoms in total. The Balaban J connectivity index is 1.74. The van der Waals surface area contributed by atoms with Crippen molar-refractivity contribution < 1.29 is 23.5 Å². The smallest absolute Gasteiger partial charge is 0.309 e. The zero-order valence-corrected chi connectivity index (χ0v) is 17.2. The molecule has 1 aliphatic rings. The number of benzene rings is 1. The van der Waals surface area contributed by atoms with Crippen molar-refractivity contribution in [2.75, 3.05) is 39.3 Å². The second kappa shape index (κ2) is 11.5. The first-order valence-corrected chi connectivity index (χ1v) is 10.1. The Labute approximate surface area is 171 Å². The van der Waals surface area contributed by atoms with Crippen LogP contribution in [0.25, 0.3) is 0 Å². The Hall–Kier alpha value is -2.48. The molecule has 1 N–H and O–H groups in total. The van der Waals surface area contributed by atoms with Gasteiger partial charge in [-0.3, -0.25) is 19.3 Å². The van der Waals surface area contributed by atoms with E-state index in [1.54, 1.807) is 19.1 Å². The molecule has 0 unspecified atom stereocenters. The van der Waals surface area contributed by atoms with Gasteiger partial charge in [-0.25, -0.2) is 4.39 Å². The Morgan fingerprint density at radius 1 is 1.17 bits per heavy atom. The Morgan fingerprint density at radius 2 is 1.83 bits per heavy atom. The summed E-state index contributed by atoms with van der Waals surface area (Å²) in [6.07, 6.45) is 1.35. The van der Waals surface area contributed by atoms with Gasteiger partial charge in [0.15, 0.2) is 0 Å². The van der Waals surface area contributed by atoms with Crippen molar-refractivity contribution in [3.8, 4) is 0 Å². The maximum Gasteiger partial charge on any atom is 0.309 e. The average molecular weight is 407 g/mol. The molecule has 29 heavy (non-hydrogen) atoms. The minimum Gasteiger partial charge on any atom is -0.466 e. The van der Waals surface area contributed by atoms with E-state index in [1.165, 1.54) is 17.0 Å². The van der Waals surface area contributed by atoms with Crippen molar-refractivity contribution in [1.29, 1.82) is 0 Å². The summed E-state index contributed by atoms with van der Waals surface area (Å²) in [5.41, 5.74) is 0.790. The number of hydrogen-bond acceptors (Lipinski definition) is 5. The van der Waals surface area contributed by atoms with Crippen LogP contribution in [0.4, 0.5) is 4.39 Å². The number of likely N-dealkylation sites (N-methyl/N-ethyl adjacent to an activating group) is 1. The van der Waals surface area contributed by atoms with E-state index in [1.807, 2.05) is 11.8 Å². The highest BCUT2D eigenvalue weighted by atomic mass is 19.1. The molecule has 8 heteroatoms. The number of halogens is 1. The first-order chi connectivity index (χ1) is 13.9. The lowest BCUT2D eigenvalue weighted by molar-refractivity contribution is -0.149. The van der Waals surface area contributed by atoms with Crippen molar-refractivity contribution in [1.82, 2.24) is 15.1 Å². The van der Waals surface area contributed by atoms with Crippen LogP contribution < -0.4 is 5.32 Å². The van der Waals surface area contributed by atoms with Gasteiger partial charge in [-0.2, -0.15) is 0 Å². The number of hydrogen-bond donors (Lipinski definition) is 1. The molecule has 2 rings (SSSR count). The van der Waals surface area contributed by atoms with E-state index in [4.69, 9.17) is 4.74 Å². The lowest BCUT2D eigenvalue weighted by atomic mass is 9.97. The molecule has 0 saturated carbocycles. The van der Waals surface area contributed by atoms with E-state index >= 15 is 0 Å². The third-order valence-electron chi connectivity index (χ3n) is 5.04. The first kappa shape index (κ1) is 22.8. The average Bonchev–Trinajstić information content (AvgIpc) is 2.72. The van der Waals surface area contributed by atoms with Crippen LogP contribution in [0.1, 0.15) is 32.3 Å². The molecule has 2 amide bonds. The number of nitrogens with one attached hydrogen (secondary N) is 1. The molecule has 0 atom stereocenters. The second-order valence-electron chi connectivity index (χ2n) is 7.11. The minimum absolute atomic E-state index is 0.0180. The van der Waals surface area contributed by atoms with Gasteiger partial charge in [0.2, 0.25) is 11.8 Å². The summed E-state index contributed by atoms with van der Waals surface area (Å²) in [4.78, 5) is 40.1. The van der Waals surface area contributed by atoms with Gasteiger partial charge in [0.05, 0.1) is 25.6 Å². The maximum atomic E-state index is 12.9. The predicted molar refractivity (Wildman–Crippen MR) is 106 cm³/mol. The van der Waals surface area contributed by atoms with Gasteiger partial charge in [-0.15, -0.1) is 0 Å². The number of piperidine rings is 1. The fourth-order valence-corrected chi connectivity index (χ4v) is 3.29. The zero-order valence-electron chi connectivity index (χ0n) is 17.2. The largest absolute Gasteiger partial charge is 0.466 e. The summed E-state index contributed by atoms with van der Waals surface area (Å²) in [5.74, 6) is -0.953. The highest BCUT2D eigenvalue weighted by molar-refractivity contribution is 5.85. The molecular formula is C21H30FN3O4. The van der Waals surface area contributed by atoms with E-state index < -0.39 is 0 Å². The SMILES string of the molecule is CCOC(=O)C1CCN(CC(=O)N(CC)CC(=O)NCc2ccc(F)cc2)CC1. The van der Waals surface area contributed by atoms with E-state index in [9.17, 15) is 18.8 Å². The number of carbonyl (C=O) groups excluding carboxylic acids is 3. The molecular weight excluding hydrogens is 377 g/mol. The molecule has 1 aromatic rings. The standard InChI is InChI=1S/C21H30FN3O4/c1-3-25(14-19(26)23-13-16-5-7-18(22)8-6-16)20(27)15-24-11-9-17(10-12-24)21(28)29-4-2/h5-8,17H,3-4,9-15H2,1-2H3,(H,23,26). The van der Waals surface area contributed by atoms with Crippen LogP contribution in [0.3, 0.4) is 0 Å². The van der Waals surface area contributed by atoms with Gasteiger partial charge in [0.1, 0.15) is 5.82 Å². The molecule has 0 aromatic heterocycles. The summed E-state index contributed by atoms with van der Waals surface area (Å²) in [5, 5.41) is 2.75. The minimum atomic E-state index is -0.325. The Morgan fingerprint density at radius 3 is 2.41 bits per heavy atom. The van der Waals surface area contributed by atoms with Crippen LogP contribution >= 0.6 is 0 Å². The number of esters is 1. The van der Waals surface area contributed by atoms with E-state index in [2.05, 4.69) is 5.32 Å². The van der Waals surface area contributed by atoms with Gasteiger partial charge in [-0.1, -0.05) is 12.1 Å². The van der Waals surface area contributed by atoms with Gasteiger partial charge >= 0.3 is 5.97 Å². The Bertz CT molecular complexity index is 688. The van der Waals surface area contributed by atoms with Crippen LogP contribution in [-0.2, 0) is 25.7 Å². The van der Waals surface area contributed by atoms with Crippen LogP contribution in [0.15, 0.2) is 24.3 Å². The predicted octanol–water partition coefficient (Wildman–Crippen LogP) is 1.57. The molecule has 0 spiro atoms. The van der Waals surface area contributed by atoms with Crippen molar-refractivity contribution >= 4 is 17.8 Å².